The number of anilines is 1. The maximum atomic E-state index is 11.9. The SMILES string of the molecule is CCC(=O)c1ccc(OC)c(N(C)Cc2ccccc2)c1. The van der Waals surface area contributed by atoms with Crippen LogP contribution in [0.5, 0.6) is 5.75 Å². The maximum absolute atomic E-state index is 11.9. The fourth-order valence-electron chi connectivity index (χ4n) is 2.31. The highest BCUT2D eigenvalue weighted by Crippen LogP contribution is 2.30. The number of carbonyl (C=O) groups excluding carboxylic acids is 1. The average molecular weight is 283 g/mol. The summed E-state index contributed by atoms with van der Waals surface area (Å²) in [5.41, 5.74) is 2.88. The van der Waals surface area contributed by atoms with Crippen molar-refractivity contribution in [1.82, 2.24) is 0 Å². The fourth-order valence-corrected chi connectivity index (χ4v) is 2.31. The van der Waals surface area contributed by atoms with Crippen molar-refractivity contribution >= 4 is 11.5 Å². The number of ketones is 1. The van der Waals surface area contributed by atoms with Crippen LogP contribution in [0, 0.1) is 0 Å². The number of hydrogen-bond donors (Lipinski definition) is 0. The standard InChI is InChI=1S/C18H21NO2/c1-4-17(20)15-10-11-18(21-3)16(12-15)19(2)13-14-8-6-5-7-9-14/h5-12H,4,13H2,1-3H3. The molecular weight excluding hydrogens is 262 g/mol. The number of rotatable bonds is 6. The second-order valence-corrected chi connectivity index (χ2v) is 5.01. The Balaban J connectivity index is 2.29. The van der Waals surface area contributed by atoms with E-state index < -0.39 is 0 Å². The van der Waals surface area contributed by atoms with Gasteiger partial charge in [-0.25, -0.2) is 0 Å². The summed E-state index contributed by atoms with van der Waals surface area (Å²) < 4.78 is 5.42. The number of carbonyl (C=O) groups is 1. The molecular formula is C18H21NO2. The third-order valence-electron chi connectivity index (χ3n) is 3.50. The molecule has 0 bridgehead atoms. The lowest BCUT2D eigenvalue weighted by atomic mass is 10.1. The van der Waals surface area contributed by atoms with Crippen LogP contribution in [-0.4, -0.2) is 19.9 Å². The van der Waals surface area contributed by atoms with Gasteiger partial charge >= 0.3 is 0 Å². The monoisotopic (exact) mass is 283 g/mol. The van der Waals surface area contributed by atoms with Gasteiger partial charge in [-0.1, -0.05) is 37.3 Å². The Morgan fingerprint density at radius 2 is 1.86 bits per heavy atom. The highest BCUT2D eigenvalue weighted by Gasteiger charge is 2.12. The Bertz CT molecular complexity index is 608. The number of hydrogen-bond acceptors (Lipinski definition) is 3. The lowest BCUT2D eigenvalue weighted by molar-refractivity contribution is 0.0988. The summed E-state index contributed by atoms with van der Waals surface area (Å²) in [7, 11) is 3.65. The lowest BCUT2D eigenvalue weighted by Crippen LogP contribution is -2.17. The molecule has 0 fully saturated rings. The molecule has 0 atom stereocenters. The molecule has 2 aromatic rings. The van der Waals surface area contributed by atoms with Gasteiger partial charge < -0.3 is 9.64 Å². The van der Waals surface area contributed by atoms with E-state index in [0.717, 1.165) is 23.5 Å². The van der Waals surface area contributed by atoms with Crippen molar-refractivity contribution in [3.05, 3.63) is 59.7 Å². The van der Waals surface area contributed by atoms with E-state index in [-0.39, 0.29) is 5.78 Å². The second-order valence-electron chi connectivity index (χ2n) is 5.01. The lowest BCUT2D eigenvalue weighted by Gasteiger charge is -2.22. The zero-order valence-electron chi connectivity index (χ0n) is 12.8. The highest BCUT2D eigenvalue weighted by molar-refractivity contribution is 5.97. The topological polar surface area (TPSA) is 29.5 Å². The molecule has 0 aromatic heterocycles. The van der Waals surface area contributed by atoms with Crippen molar-refractivity contribution in [2.24, 2.45) is 0 Å². The van der Waals surface area contributed by atoms with Gasteiger partial charge in [0.05, 0.1) is 12.8 Å². The minimum Gasteiger partial charge on any atom is -0.495 e. The molecule has 0 N–H and O–H groups in total. The minimum absolute atomic E-state index is 0.145. The summed E-state index contributed by atoms with van der Waals surface area (Å²) >= 11 is 0. The normalized spacial score (nSPS) is 10.2. The van der Waals surface area contributed by atoms with E-state index in [1.54, 1.807) is 7.11 Å². The highest BCUT2D eigenvalue weighted by atomic mass is 16.5. The molecule has 110 valence electrons. The number of methoxy groups -OCH3 is 1. The molecule has 3 heteroatoms. The molecule has 0 saturated heterocycles. The van der Waals surface area contributed by atoms with Gasteiger partial charge in [0.1, 0.15) is 5.75 Å². The summed E-state index contributed by atoms with van der Waals surface area (Å²) in [6.07, 6.45) is 0.508. The smallest absolute Gasteiger partial charge is 0.162 e. The van der Waals surface area contributed by atoms with Crippen molar-refractivity contribution < 1.29 is 9.53 Å². The predicted molar refractivity (Wildman–Crippen MR) is 86.2 cm³/mol. The van der Waals surface area contributed by atoms with Crippen molar-refractivity contribution in [1.29, 1.82) is 0 Å². The van der Waals surface area contributed by atoms with Crippen LogP contribution in [0.25, 0.3) is 0 Å². The summed E-state index contributed by atoms with van der Waals surface area (Å²) in [4.78, 5) is 14.0. The Kier molecular flexibility index (Phi) is 4.99. The summed E-state index contributed by atoms with van der Waals surface area (Å²) in [6.45, 7) is 2.64. The molecule has 3 nitrogen and oxygen atoms in total. The van der Waals surface area contributed by atoms with Crippen LogP contribution in [0.3, 0.4) is 0 Å². The van der Waals surface area contributed by atoms with Gasteiger partial charge in [0, 0.05) is 25.6 Å². The van der Waals surface area contributed by atoms with Crippen molar-refractivity contribution in [2.75, 3.05) is 19.1 Å². The van der Waals surface area contributed by atoms with E-state index >= 15 is 0 Å². The molecule has 0 aliphatic rings. The van der Waals surface area contributed by atoms with Crippen molar-refractivity contribution in [3.63, 3.8) is 0 Å². The molecule has 0 saturated carbocycles. The van der Waals surface area contributed by atoms with Crippen LogP contribution in [-0.2, 0) is 6.54 Å². The van der Waals surface area contributed by atoms with Crippen LogP contribution < -0.4 is 9.64 Å². The zero-order chi connectivity index (χ0) is 15.2. The molecule has 0 radical (unpaired) electrons. The third-order valence-corrected chi connectivity index (χ3v) is 3.50. The van der Waals surface area contributed by atoms with Gasteiger partial charge in [-0.3, -0.25) is 4.79 Å². The van der Waals surface area contributed by atoms with E-state index in [1.165, 1.54) is 5.56 Å². The molecule has 2 aromatic carbocycles. The minimum atomic E-state index is 0.145. The van der Waals surface area contributed by atoms with Gasteiger partial charge in [-0.05, 0) is 23.8 Å². The Morgan fingerprint density at radius 3 is 2.48 bits per heavy atom. The predicted octanol–water partition coefficient (Wildman–Crippen LogP) is 3.92. The largest absolute Gasteiger partial charge is 0.495 e. The molecule has 0 amide bonds. The molecule has 21 heavy (non-hydrogen) atoms. The third kappa shape index (κ3) is 3.63. The average Bonchev–Trinajstić information content (AvgIpc) is 2.54. The first-order chi connectivity index (χ1) is 10.2. The summed E-state index contributed by atoms with van der Waals surface area (Å²) in [5, 5.41) is 0. The maximum Gasteiger partial charge on any atom is 0.162 e. The number of benzene rings is 2. The fraction of sp³-hybridized carbons (Fsp3) is 0.278. The Labute approximate surface area is 126 Å². The Hall–Kier alpha value is -2.29. The molecule has 0 spiro atoms. The molecule has 2 rings (SSSR count). The Morgan fingerprint density at radius 1 is 1.14 bits per heavy atom. The van der Waals surface area contributed by atoms with Gasteiger partial charge in [0.25, 0.3) is 0 Å². The number of nitrogens with zero attached hydrogens (tertiary/aromatic N) is 1. The molecule has 0 heterocycles. The summed E-state index contributed by atoms with van der Waals surface area (Å²) in [6, 6.07) is 15.8. The molecule has 0 unspecified atom stereocenters. The number of ether oxygens (including phenoxy) is 1. The van der Waals surface area contributed by atoms with E-state index in [2.05, 4.69) is 17.0 Å². The van der Waals surface area contributed by atoms with Gasteiger partial charge in [0.15, 0.2) is 5.78 Å². The summed E-state index contributed by atoms with van der Waals surface area (Å²) in [5.74, 6) is 0.924. The zero-order valence-corrected chi connectivity index (χ0v) is 12.8. The van der Waals surface area contributed by atoms with Crippen LogP contribution in [0.4, 0.5) is 5.69 Å². The molecule has 0 aliphatic heterocycles. The first kappa shape index (κ1) is 15.1. The van der Waals surface area contributed by atoms with E-state index in [9.17, 15) is 4.79 Å². The van der Waals surface area contributed by atoms with Crippen LogP contribution in [0.1, 0.15) is 29.3 Å². The van der Waals surface area contributed by atoms with Gasteiger partial charge in [-0.2, -0.15) is 0 Å². The van der Waals surface area contributed by atoms with Gasteiger partial charge in [-0.15, -0.1) is 0 Å². The van der Waals surface area contributed by atoms with E-state index in [4.69, 9.17) is 4.74 Å². The molecule has 0 aliphatic carbocycles. The first-order valence-corrected chi connectivity index (χ1v) is 7.12. The van der Waals surface area contributed by atoms with Crippen molar-refractivity contribution in [3.8, 4) is 5.75 Å². The first-order valence-electron chi connectivity index (χ1n) is 7.12. The van der Waals surface area contributed by atoms with E-state index in [1.807, 2.05) is 50.4 Å². The van der Waals surface area contributed by atoms with Crippen LogP contribution in [0.2, 0.25) is 0 Å². The van der Waals surface area contributed by atoms with E-state index in [0.29, 0.717) is 6.42 Å². The van der Waals surface area contributed by atoms with Gasteiger partial charge in [0.2, 0.25) is 0 Å². The van der Waals surface area contributed by atoms with Crippen molar-refractivity contribution in [2.45, 2.75) is 19.9 Å². The van der Waals surface area contributed by atoms with Crippen LogP contribution >= 0.6 is 0 Å². The number of Topliss-reactive ketones (excluding diaryl/α,β-unsaturated/α-hetero) is 1. The van der Waals surface area contributed by atoms with Crippen LogP contribution in [0.15, 0.2) is 48.5 Å². The quantitative estimate of drug-likeness (QED) is 0.752. The second kappa shape index (κ2) is 6.93.